The number of anilines is 1. The Bertz CT molecular complexity index is 720. The maximum absolute atomic E-state index is 6.01. The van der Waals surface area contributed by atoms with Gasteiger partial charge < -0.3 is 10.6 Å². The van der Waals surface area contributed by atoms with Crippen LogP contribution in [0.2, 0.25) is 10.0 Å². The molecule has 0 saturated heterocycles. The average molecular weight is 399 g/mol. The van der Waals surface area contributed by atoms with Gasteiger partial charge in [-0.1, -0.05) is 35.3 Å². The Balaban J connectivity index is 1.67. The van der Waals surface area contributed by atoms with Crippen LogP contribution in [-0.2, 0) is 5.75 Å². The number of thiocarbonyl (C=S) groups is 1. The Morgan fingerprint density at radius 1 is 1.04 bits per heavy atom. The van der Waals surface area contributed by atoms with Gasteiger partial charge in [-0.3, -0.25) is 0 Å². The number of hydrogen-bond acceptors (Lipinski definition) is 2. The predicted octanol–water partition coefficient (Wildman–Crippen LogP) is 5.83. The van der Waals surface area contributed by atoms with E-state index < -0.39 is 0 Å². The van der Waals surface area contributed by atoms with Crippen molar-refractivity contribution in [2.45, 2.75) is 19.6 Å². The van der Waals surface area contributed by atoms with Gasteiger partial charge in [-0.15, -0.1) is 0 Å². The van der Waals surface area contributed by atoms with Crippen molar-refractivity contribution in [3.05, 3.63) is 63.1 Å². The Hall–Kier alpha value is -0.940. The van der Waals surface area contributed by atoms with Gasteiger partial charge >= 0.3 is 0 Å². The van der Waals surface area contributed by atoms with Gasteiger partial charge in [0.1, 0.15) is 0 Å². The molecule has 2 aromatic carbocycles. The van der Waals surface area contributed by atoms with Crippen LogP contribution < -0.4 is 10.6 Å². The highest BCUT2D eigenvalue weighted by atomic mass is 35.5. The van der Waals surface area contributed by atoms with Crippen molar-refractivity contribution in [1.29, 1.82) is 0 Å². The molecule has 0 spiro atoms. The van der Waals surface area contributed by atoms with Gasteiger partial charge in [0.2, 0.25) is 0 Å². The summed E-state index contributed by atoms with van der Waals surface area (Å²) in [4.78, 5) is 0. The minimum absolute atomic E-state index is 0.592. The average Bonchev–Trinajstić information content (AvgIpc) is 2.54. The zero-order valence-corrected chi connectivity index (χ0v) is 16.8. The second-order valence-corrected chi connectivity index (χ2v) is 7.81. The molecule has 2 nitrogen and oxygen atoms in total. The molecule has 0 aliphatic carbocycles. The first-order chi connectivity index (χ1) is 11.5. The second-order valence-electron chi connectivity index (χ2n) is 5.48. The van der Waals surface area contributed by atoms with Gasteiger partial charge in [-0.05, 0) is 67.0 Å². The zero-order valence-electron chi connectivity index (χ0n) is 13.7. The lowest BCUT2D eigenvalue weighted by atomic mass is 10.1. The molecule has 0 aromatic heterocycles. The van der Waals surface area contributed by atoms with E-state index >= 15 is 0 Å². The van der Waals surface area contributed by atoms with Crippen molar-refractivity contribution in [2.75, 3.05) is 17.6 Å². The molecule has 24 heavy (non-hydrogen) atoms. The van der Waals surface area contributed by atoms with Crippen LogP contribution in [0.15, 0.2) is 36.4 Å². The zero-order chi connectivity index (χ0) is 17.5. The number of nitrogens with one attached hydrogen (secondary N) is 2. The lowest BCUT2D eigenvalue weighted by Gasteiger charge is -2.11. The molecule has 0 fully saturated rings. The Labute approximate surface area is 163 Å². The van der Waals surface area contributed by atoms with Crippen molar-refractivity contribution >= 4 is 58.0 Å². The highest BCUT2D eigenvalue weighted by Crippen LogP contribution is 2.24. The van der Waals surface area contributed by atoms with E-state index in [4.69, 9.17) is 35.4 Å². The molecular weight excluding hydrogens is 379 g/mol. The molecule has 0 amide bonds. The largest absolute Gasteiger partial charge is 0.362 e. The third kappa shape index (κ3) is 6.17. The first kappa shape index (κ1) is 19.4. The van der Waals surface area contributed by atoms with Crippen LogP contribution in [0, 0.1) is 13.8 Å². The van der Waals surface area contributed by atoms with Crippen LogP contribution in [0.4, 0.5) is 5.69 Å². The van der Waals surface area contributed by atoms with Gasteiger partial charge in [0.05, 0.1) is 10.0 Å². The van der Waals surface area contributed by atoms with Gasteiger partial charge in [0.25, 0.3) is 0 Å². The molecule has 6 heteroatoms. The van der Waals surface area contributed by atoms with Gasteiger partial charge in [0, 0.05) is 23.7 Å². The summed E-state index contributed by atoms with van der Waals surface area (Å²) in [5, 5.41) is 8.28. The van der Waals surface area contributed by atoms with Crippen molar-refractivity contribution in [3.63, 3.8) is 0 Å². The number of thioether (sulfide) groups is 1. The minimum Gasteiger partial charge on any atom is -0.362 e. The molecule has 0 aliphatic heterocycles. The van der Waals surface area contributed by atoms with Gasteiger partial charge in [0.15, 0.2) is 5.11 Å². The number of aryl methyl sites for hydroxylation is 2. The fraction of sp³-hybridized carbons (Fsp3) is 0.278. The highest BCUT2D eigenvalue weighted by molar-refractivity contribution is 7.98. The Morgan fingerprint density at radius 2 is 1.83 bits per heavy atom. The minimum atomic E-state index is 0.592. The highest BCUT2D eigenvalue weighted by Gasteiger charge is 2.01. The van der Waals surface area contributed by atoms with Crippen LogP contribution in [-0.4, -0.2) is 17.4 Å². The summed E-state index contributed by atoms with van der Waals surface area (Å²) < 4.78 is 0. The molecule has 2 aromatic rings. The molecule has 0 atom stereocenters. The van der Waals surface area contributed by atoms with E-state index in [9.17, 15) is 0 Å². The topological polar surface area (TPSA) is 24.1 Å². The van der Waals surface area contributed by atoms with Crippen LogP contribution >= 0.6 is 47.2 Å². The molecule has 0 saturated carbocycles. The van der Waals surface area contributed by atoms with E-state index in [1.165, 1.54) is 16.7 Å². The molecule has 0 aliphatic rings. The summed E-state index contributed by atoms with van der Waals surface area (Å²) in [7, 11) is 0. The van der Waals surface area contributed by atoms with Crippen LogP contribution in [0.1, 0.15) is 16.7 Å². The summed E-state index contributed by atoms with van der Waals surface area (Å²) in [5.41, 5.74) is 4.71. The third-order valence-corrected chi connectivity index (χ3v) is 5.57. The molecule has 0 heterocycles. The van der Waals surface area contributed by atoms with E-state index in [0.717, 1.165) is 23.7 Å². The van der Waals surface area contributed by atoms with Crippen LogP contribution in [0.3, 0.4) is 0 Å². The first-order valence-electron chi connectivity index (χ1n) is 7.59. The number of rotatable bonds is 6. The number of benzene rings is 2. The van der Waals surface area contributed by atoms with Crippen molar-refractivity contribution in [1.82, 2.24) is 5.32 Å². The van der Waals surface area contributed by atoms with Gasteiger partial charge in [-0.2, -0.15) is 11.8 Å². The summed E-state index contributed by atoms with van der Waals surface area (Å²) in [6.45, 7) is 5.00. The van der Waals surface area contributed by atoms with Crippen molar-refractivity contribution in [3.8, 4) is 0 Å². The molecule has 0 radical (unpaired) electrons. The molecule has 2 N–H and O–H groups in total. The standard InChI is InChI=1S/C18H20Cl2N2S2/c1-12-3-5-15(9-13(12)2)22-18(23)21-7-8-24-11-14-4-6-16(19)17(20)10-14/h3-6,9-10H,7-8,11H2,1-2H3,(H2,21,22,23). The van der Waals surface area contributed by atoms with Crippen LogP contribution in [0.5, 0.6) is 0 Å². The second kappa shape index (κ2) is 9.52. The van der Waals surface area contributed by atoms with Crippen molar-refractivity contribution < 1.29 is 0 Å². The van der Waals surface area contributed by atoms with E-state index in [1.54, 1.807) is 0 Å². The summed E-state index contributed by atoms with van der Waals surface area (Å²) >= 11 is 19.1. The Morgan fingerprint density at radius 3 is 2.54 bits per heavy atom. The Kier molecular flexibility index (Phi) is 7.69. The fourth-order valence-corrected chi connectivity index (χ4v) is 3.40. The molecule has 0 bridgehead atoms. The van der Waals surface area contributed by atoms with Gasteiger partial charge in [-0.25, -0.2) is 0 Å². The normalized spacial score (nSPS) is 10.5. The molecular formula is C18H20Cl2N2S2. The van der Waals surface area contributed by atoms with E-state index in [-0.39, 0.29) is 0 Å². The summed E-state index contributed by atoms with van der Waals surface area (Å²) in [6.07, 6.45) is 0. The molecule has 128 valence electrons. The fourth-order valence-electron chi connectivity index (χ4n) is 2.05. The summed E-state index contributed by atoms with van der Waals surface area (Å²) in [6, 6.07) is 12.0. The third-order valence-electron chi connectivity index (χ3n) is 3.55. The van der Waals surface area contributed by atoms with Crippen molar-refractivity contribution in [2.24, 2.45) is 0 Å². The lowest BCUT2D eigenvalue weighted by molar-refractivity contribution is 0.989. The van der Waals surface area contributed by atoms with E-state index in [1.807, 2.05) is 36.0 Å². The quantitative estimate of drug-likeness (QED) is 0.471. The smallest absolute Gasteiger partial charge is 0.170 e. The van der Waals surface area contributed by atoms with E-state index in [0.29, 0.717) is 15.2 Å². The molecule has 2 rings (SSSR count). The molecule has 0 unspecified atom stereocenters. The summed E-state index contributed by atoms with van der Waals surface area (Å²) in [5.74, 6) is 1.85. The SMILES string of the molecule is Cc1ccc(NC(=S)NCCSCc2ccc(Cl)c(Cl)c2)cc1C. The number of halogens is 2. The van der Waals surface area contributed by atoms with Crippen LogP contribution in [0.25, 0.3) is 0 Å². The monoisotopic (exact) mass is 398 g/mol. The van der Waals surface area contributed by atoms with E-state index in [2.05, 4.69) is 36.6 Å². The predicted molar refractivity (Wildman–Crippen MR) is 113 cm³/mol. The maximum atomic E-state index is 6.01. The first-order valence-corrected chi connectivity index (χ1v) is 9.91. The maximum Gasteiger partial charge on any atom is 0.170 e. The number of hydrogen-bond donors (Lipinski definition) is 2. The lowest BCUT2D eigenvalue weighted by Crippen LogP contribution is -2.30.